The van der Waals surface area contributed by atoms with E-state index in [0.717, 1.165) is 66.7 Å². The molecule has 5 rings (SSSR count). The lowest BCUT2D eigenvalue weighted by Gasteiger charge is -2.36. The first-order chi connectivity index (χ1) is 17.1. The van der Waals surface area contributed by atoms with Crippen molar-refractivity contribution in [2.24, 2.45) is 0 Å². The second-order valence-corrected chi connectivity index (χ2v) is 8.97. The maximum absolute atomic E-state index is 5.45. The maximum Gasteiger partial charge on any atom is 0.155 e. The first-order valence-electron chi connectivity index (χ1n) is 12.1. The van der Waals surface area contributed by atoms with E-state index in [1.807, 2.05) is 6.07 Å². The molecule has 0 bridgehead atoms. The number of hydrogen-bond donors (Lipinski definition) is 0. The van der Waals surface area contributed by atoms with E-state index in [4.69, 9.17) is 16.5 Å². The highest BCUT2D eigenvalue weighted by molar-refractivity contribution is 5.72. The third-order valence-corrected chi connectivity index (χ3v) is 6.71. The third-order valence-electron chi connectivity index (χ3n) is 6.71. The van der Waals surface area contributed by atoms with E-state index in [1.165, 1.54) is 11.3 Å². The Labute approximate surface area is 207 Å². The van der Waals surface area contributed by atoms with Crippen LogP contribution in [0.5, 0.6) is 0 Å². The van der Waals surface area contributed by atoms with Crippen molar-refractivity contribution in [2.75, 3.05) is 31.1 Å². The number of nitrogens with zero attached hydrogens (tertiary/aromatic N) is 6. The van der Waals surface area contributed by atoms with Crippen LogP contribution >= 0.6 is 0 Å². The summed E-state index contributed by atoms with van der Waals surface area (Å²) in [7, 11) is 0. The average molecular weight is 463 g/mol. The summed E-state index contributed by atoms with van der Waals surface area (Å²) in [5.41, 5.74) is 7.84. The molecule has 6 heteroatoms. The Bertz CT molecular complexity index is 1330. The molecule has 0 radical (unpaired) electrons. The molecule has 0 aliphatic carbocycles. The molecule has 1 aliphatic heterocycles. The third kappa shape index (κ3) is 4.82. The van der Waals surface area contributed by atoms with E-state index in [0.29, 0.717) is 6.42 Å². The highest BCUT2D eigenvalue weighted by Gasteiger charge is 2.23. The number of anilines is 1. The summed E-state index contributed by atoms with van der Waals surface area (Å²) in [4.78, 5) is 14.2. The van der Waals surface area contributed by atoms with Crippen LogP contribution in [0.15, 0.2) is 67.0 Å². The number of hydrogen-bond acceptors (Lipinski definition) is 5. The number of terminal acetylenes is 1. The van der Waals surface area contributed by atoms with Crippen molar-refractivity contribution in [3.8, 4) is 29.3 Å². The van der Waals surface area contributed by atoms with Crippen molar-refractivity contribution in [3.05, 3.63) is 89.5 Å². The summed E-state index contributed by atoms with van der Waals surface area (Å²) >= 11 is 0. The van der Waals surface area contributed by atoms with Gasteiger partial charge in [0.05, 0.1) is 11.4 Å². The van der Waals surface area contributed by atoms with E-state index < -0.39 is 0 Å². The minimum absolute atomic E-state index is 0.638. The first kappa shape index (κ1) is 22.8. The summed E-state index contributed by atoms with van der Waals surface area (Å²) in [6.45, 7) is 8.93. The molecule has 4 aromatic rings. The normalized spacial score (nSPS) is 14.1. The quantitative estimate of drug-likeness (QED) is 0.397. The molecule has 0 unspecified atom stereocenters. The lowest BCUT2D eigenvalue weighted by atomic mass is 10.1. The van der Waals surface area contributed by atoms with Crippen LogP contribution in [-0.4, -0.2) is 50.8 Å². The summed E-state index contributed by atoms with van der Waals surface area (Å²) in [5, 5.41) is 4.82. The minimum Gasteiger partial charge on any atom is -0.352 e. The molecule has 1 saturated heterocycles. The molecule has 0 N–H and O–H groups in total. The van der Waals surface area contributed by atoms with Gasteiger partial charge in [0, 0.05) is 68.4 Å². The zero-order valence-electron chi connectivity index (χ0n) is 20.4. The van der Waals surface area contributed by atoms with Crippen LogP contribution in [0.25, 0.3) is 16.9 Å². The van der Waals surface area contributed by atoms with Gasteiger partial charge in [0.1, 0.15) is 5.69 Å². The lowest BCUT2D eigenvalue weighted by Crippen LogP contribution is -2.46. The standard InChI is InChI=1S/C29H30N6/c1-4-8-24-11-13-25(14-12-24)28-29(31-16-15-30-28)34-19-17-33(18-20-34)21-27-22(2)32-35(23(27)3)26-9-6-5-7-10-26/h1,5-7,9-16H,8,17-21H2,2-3H3. The number of piperazine rings is 1. The molecule has 1 aliphatic rings. The molecule has 35 heavy (non-hydrogen) atoms. The van der Waals surface area contributed by atoms with Gasteiger partial charge in [-0.2, -0.15) is 5.10 Å². The highest BCUT2D eigenvalue weighted by atomic mass is 15.3. The van der Waals surface area contributed by atoms with Gasteiger partial charge in [-0.3, -0.25) is 9.88 Å². The topological polar surface area (TPSA) is 50.1 Å². The zero-order valence-corrected chi connectivity index (χ0v) is 20.4. The van der Waals surface area contributed by atoms with E-state index in [1.54, 1.807) is 12.4 Å². The fourth-order valence-corrected chi connectivity index (χ4v) is 4.73. The van der Waals surface area contributed by atoms with Gasteiger partial charge >= 0.3 is 0 Å². The van der Waals surface area contributed by atoms with Gasteiger partial charge in [-0.25, -0.2) is 9.67 Å². The Morgan fingerprint density at radius 1 is 0.886 bits per heavy atom. The van der Waals surface area contributed by atoms with Crippen LogP contribution in [0, 0.1) is 26.2 Å². The Morgan fingerprint density at radius 2 is 1.60 bits per heavy atom. The van der Waals surface area contributed by atoms with E-state index in [-0.39, 0.29) is 0 Å². The molecule has 1 fully saturated rings. The Balaban J connectivity index is 1.28. The van der Waals surface area contributed by atoms with Gasteiger partial charge in [0.2, 0.25) is 0 Å². The average Bonchev–Trinajstić information content (AvgIpc) is 3.19. The van der Waals surface area contributed by atoms with Crippen molar-refractivity contribution >= 4 is 5.82 Å². The van der Waals surface area contributed by atoms with Gasteiger partial charge in [0.25, 0.3) is 0 Å². The van der Waals surface area contributed by atoms with Crippen LogP contribution in [0.3, 0.4) is 0 Å². The van der Waals surface area contributed by atoms with Crippen LogP contribution in [0.4, 0.5) is 5.82 Å². The van der Waals surface area contributed by atoms with Crippen LogP contribution in [-0.2, 0) is 13.0 Å². The maximum atomic E-state index is 5.45. The van der Waals surface area contributed by atoms with Gasteiger partial charge in [-0.1, -0.05) is 42.5 Å². The second kappa shape index (κ2) is 10.1. The van der Waals surface area contributed by atoms with Crippen LogP contribution in [0.2, 0.25) is 0 Å². The first-order valence-corrected chi connectivity index (χ1v) is 12.1. The molecular formula is C29H30N6. The van der Waals surface area contributed by atoms with E-state index in [2.05, 4.69) is 87.8 Å². The minimum atomic E-state index is 0.638. The molecular weight excluding hydrogens is 432 g/mol. The summed E-state index contributed by atoms with van der Waals surface area (Å²) < 4.78 is 2.06. The predicted molar refractivity (Wildman–Crippen MR) is 141 cm³/mol. The van der Waals surface area contributed by atoms with Crippen molar-refractivity contribution < 1.29 is 0 Å². The SMILES string of the molecule is C#CCc1ccc(-c2nccnc2N2CCN(Cc3c(C)nn(-c4ccccc4)c3C)CC2)cc1. The number of rotatable bonds is 6. The van der Waals surface area contributed by atoms with E-state index in [9.17, 15) is 0 Å². The van der Waals surface area contributed by atoms with E-state index >= 15 is 0 Å². The largest absolute Gasteiger partial charge is 0.352 e. The monoisotopic (exact) mass is 462 g/mol. The molecule has 0 spiro atoms. The van der Waals surface area contributed by atoms with Gasteiger partial charge in [0.15, 0.2) is 5.82 Å². The van der Waals surface area contributed by atoms with Crippen LogP contribution in [0.1, 0.15) is 22.5 Å². The van der Waals surface area contributed by atoms with Crippen LogP contribution < -0.4 is 4.90 Å². The fraction of sp³-hybridized carbons (Fsp3) is 0.276. The zero-order chi connectivity index (χ0) is 24.2. The summed E-state index contributed by atoms with van der Waals surface area (Å²) in [5.74, 6) is 3.64. The van der Waals surface area contributed by atoms with Gasteiger partial charge in [-0.05, 0) is 31.5 Å². The number of aryl methyl sites for hydroxylation is 1. The molecule has 0 saturated carbocycles. The molecule has 0 amide bonds. The summed E-state index contributed by atoms with van der Waals surface area (Å²) in [6.07, 6.45) is 9.63. The van der Waals surface area contributed by atoms with Crippen molar-refractivity contribution in [1.29, 1.82) is 0 Å². The highest BCUT2D eigenvalue weighted by Crippen LogP contribution is 2.28. The summed E-state index contributed by atoms with van der Waals surface area (Å²) in [6, 6.07) is 18.7. The number of aromatic nitrogens is 4. The van der Waals surface area contributed by atoms with Gasteiger partial charge < -0.3 is 4.90 Å². The molecule has 6 nitrogen and oxygen atoms in total. The molecule has 2 aromatic heterocycles. The number of para-hydroxylation sites is 1. The number of benzene rings is 2. The second-order valence-electron chi connectivity index (χ2n) is 8.97. The fourth-order valence-electron chi connectivity index (χ4n) is 4.73. The molecule has 176 valence electrons. The molecule has 0 atom stereocenters. The molecule has 3 heterocycles. The smallest absolute Gasteiger partial charge is 0.155 e. The van der Waals surface area contributed by atoms with Crippen molar-refractivity contribution in [1.82, 2.24) is 24.6 Å². The Hall–Kier alpha value is -3.95. The lowest BCUT2D eigenvalue weighted by molar-refractivity contribution is 0.248. The Morgan fingerprint density at radius 3 is 2.31 bits per heavy atom. The Kier molecular flexibility index (Phi) is 6.60. The van der Waals surface area contributed by atoms with Crippen molar-refractivity contribution in [2.45, 2.75) is 26.8 Å². The predicted octanol–water partition coefficient (Wildman–Crippen LogP) is 4.44. The molecule has 2 aromatic carbocycles. The van der Waals surface area contributed by atoms with Gasteiger partial charge in [-0.15, -0.1) is 12.3 Å². The van der Waals surface area contributed by atoms with Crippen molar-refractivity contribution in [3.63, 3.8) is 0 Å².